The van der Waals surface area contributed by atoms with Crippen LogP contribution in [-0.4, -0.2) is 11.8 Å². The summed E-state index contributed by atoms with van der Waals surface area (Å²) in [5.74, 6) is -0.703. The van der Waals surface area contributed by atoms with Crippen LogP contribution in [-0.2, 0) is 16.0 Å². The lowest BCUT2D eigenvalue weighted by Gasteiger charge is -2.16. The number of hydrogen-bond acceptors (Lipinski definition) is 4. The highest BCUT2D eigenvalue weighted by Crippen LogP contribution is 2.36. The van der Waals surface area contributed by atoms with Gasteiger partial charge in [-0.1, -0.05) is 42.8 Å². The minimum Gasteiger partial charge on any atom is -0.350 e. The maximum atomic E-state index is 13.3. The molecular formula is C23H19ClN2O2S. The maximum absolute atomic E-state index is 13.3. The number of imide groups is 1. The molecule has 0 fully saturated rings. The Morgan fingerprint density at radius 3 is 2.41 bits per heavy atom. The molecule has 4 rings (SSSR count). The van der Waals surface area contributed by atoms with Crippen LogP contribution >= 0.6 is 22.9 Å². The van der Waals surface area contributed by atoms with Gasteiger partial charge in [0.2, 0.25) is 0 Å². The van der Waals surface area contributed by atoms with Gasteiger partial charge in [-0.2, -0.15) is 0 Å². The van der Waals surface area contributed by atoms with Crippen LogP contribution in [0.5, 0.6) is 0 Å². The van der Waals surface area contributed by atoms with Gasteiger partial charge in [-0.3, -0.25) is 9.59 Å². The van der Waals surface area contributed by atoms with E-state index in [2.05, 4.69) is 12.2 Å². The Hall–Kier alpha value is -2.89. The van der Waals surface area contributed by atoms with Crippen molar-refractivity contribution in [2.45, 2.75) is 20.3 Å². The molecule has 0 unspecified atom stereocenters. The number of carbonyl (C=O) groups excluding carboxylic acids is 2. The average Bonchev–Trinajstić information content (AvgIpc) is 3.32. The summed E-state index contributed by atoms with van der Waals surface area (Å²) in [5, 5.41) is 5.67. The van der Waals surface area contributed by atoms with Gasteiger partial charge in [0.15, 0.2) is 0 Å². The topological polar surface area (TPSA) is 49.4 Å². The molecule has 0 bridgehead atoms. The molecule has 2 heterocycles. The normalized spacial score (nSPS) is 14.1. The number of thiophene rings is 1. The Balaban J connectivity index is 1.79. The fourth-order valence-electron chi connectivity index (χ4n) is 3.29. The lowest BCUT2D eigenvalue weighted by atomic mass is 10.1. The van der Waals surface area contributed by atoms with Crippen molar-refractivity contribution in [3.63, 3.8) is 0 Å². The van der Waals surface area contributed by atoms with Crippen LogP contribution in [0.4, 0.5) is 11.4 Å². The number of anilines is 2. The van der Waals surface area contributed by atoms with Crippen molar-refractivity contribution in [3.8, 4) is 0 Å². The Labute approximate surface area is 178 Å². The number of amides is 2. The molecular weight excluding hydrogens is 404 g/mol. The van der Waals surface area contributed by atoms with E-state index in [1.54, 1.807) is 6.07 Å². The van der Waals surface area contributed by atoms with Gasteiger partial charge in [-0.05, 0) is 60.2 Å². The van der Waals surface area contributed by atoms with Crippen molar-refractivity contribution in [1.29, 1.82) is 0 Å². The summed E-state index contributed by atoms with van der Waals surface area (Å²) in [6.07, 6.45) is 0.891. The van der Waals surface area contributed by atoms with E-state index in [0.29, 0.717) is 22.0 Å². The van der Waals surface area contributed by atoms with Crippen LogP contribution in [0, 0.1) is 6.92 Å². The van der Waals surface area contributed by atoms with Crippen LogP contribution in [0.1, 0.15) is 22.9 Å². The summed E-state index contributed by atoms with van der Waals surface area (Å²) in [7, 11) is 0. The fourth-order valence-corrected chi connectivity index (χ4v) is 4.23. The number of nitrogens with one attached hydrogen (secondary N) is 1. The average molecular weight is 423 g/mol. The van der Waals surface area contributed by atoms with Crippen molar-refractivity contribution < 1.29 is 9.59 Å². The minimum atomic E-state index is -0.373. The highest BCUT2D eigenvalue weighted by Gasteiger charge is 2.40. The van der Waals surface area contributed by atoms with E-state index in [1.807, 2.05) is 60.8 Å². The van der Waals surface area contributed by atoms with Gasteiger partial charge in [-0.25, -0.2) is 4.90 Å². The van der Waals surface area contributed by atoms with Gasteiger partial charge in [0, 0.05) is 15.6 Å². The number of rotatable bonds is 5. The van der Waals surface area contributed by atoms with Gasteiger partial charge in [0.1, 0.15) is 5.70 Å². The van der Waals surface area contributed by atoms with Crippen LogP contribution < -0.4 is 10.2 Å². The smallest absolute Gasteiger partial charge is 0.282 e. The maximum Gasteiger partial charge on any atom is 0.282 e. The number of nitrogens with zero attached hydrogens (tertiary/aromatic N) is 1. The van der Waals surface area contributed by atoms with Gasteiger partial charge >= 0.3 is 0 Å². The molecule has 6 heteroatoms. The molecule has 29 heavy (non-hydrogen) atoms. The third kappa shape index (κ3) is 3.48. The highest BCUT2D eigenvalue weighted by atomic mass is 35.5. The summed E-state index contributed by atoms with van der Waals surface area (Å²) >= 11 is 7.66. The number of aryl methyl sites for hydroxylation is 1. The molecule has 1 N–H and O–H groups in total. The molecule has 3 aromatic rings. The summed E-state index contributed by atoms with van der Waals surface area (Å²) in [6.45, 7) is 3.94. The van der Waals surface area contributed by atoms with Crippen molar-refractivity contribution in [3.05, 3.63) is 86.7 Å². The third-order valence-corrected chi connectivity index (χ3v) is 6.28. The van der Waals surface area contributed by atoms with E-state index < -0.39 is 0 Å². The van der Waals surface area contributed by atoms with Crippen molar-refractivity contribution in [2.24, 2.45) is 0 Å². The van der Waals surface area contributed by atoms with Gasteiger partial charge in [0.05, 0.1) is 11.3 Å². The van der Waals surface area contributed by atoms with E-state index in [-0.39, 0.29) is 17.5 Å². The number of benzene rings is 2. The van der Waals surface area contributed by atoms with E-state index in [1.165, 1.54) is 16.2 Å². The summed E-state index contributed by atoms with van der Waals surface area (Å²) in [4.78, 5) is 28.6. The first-order chi connectivity index (χ1) is 14.0. The molecule has 4 nitrogen and oxygen atoms in total. The minimum absolute atomic E-state index is 0.266. The zero-order valence-electron chi connectivity index (χ0n) is 16.0. The van der Waals surface area contributed by atoms with Crippen LogP contribution in [0.25, 0.3) is 5.57 Å². The molecule has 0 saturated carbocycles. The van der Waals surface area contributed by atoms with Crippen molar-refractivity contribution in [1.82, 2.24) is 0 Å². The van der Waals surface area contributed by atoms with Crippen LogP contribution in [0.3, 0.4) is 0 Å². The second kappa shape index (κ2) is 7.85. The zero-order chi connectivity index (χ0) is 20.5. The van der Waals surface area contributed by atoms with Crippen LogP contribution in [0.15, 0.2) is 65.7 Å². The molecule has 0 spiro atoms. The number of carbonyl (C=O) groups is 2. The third-order valence-electron chi connectivity index (χ3n) is 4.98. The molecule has 0 atom stereocenters. The molecule has 0 radical (unpaired) electrons. The van der Waals surface area contributed by atoms with E-state index >= 15 is 0 Å². The Morgan fingerprint density at radius 1 is 1.00 bits per heavy atom. The van der Waals surface area contributed by atoms with Crippen molar-refractivity contribution >= 4 is 51.7 Å². The number of halogens is 1. The van der Waals surface area contributed by atoms with E-state index in [4.69, 9.17) is 11.6 Å². The molecule has 2 amide bonds. The molecule has 1 aliphatic heterocycles. The Bertz CT molecular complexity index is 1120. The molecule has 0 saturated heterocycles. The largest absolute Gasteiger partial charge is 0.350 e. The lowest BCUT2D eigenvalue weighted by molar-refractivity contribution is -0.120. The SMILES string of the molecule is CCc1ccc(N2C(=O)C(Nc3cccc(Cl)c3C)=C(c3cccs3)C2=O)cc1. The lowest BCUT2D eigenvalue weighted by Crippen LogP contribution is -2.32. The first kappa shape index (κ1) is 19.4. The molecule has 1 aromatic heterocycles. The predicted molar refractivity (Wildman–Crippen MR) is 119 cm³/mol. The van der Waals surface area contributed by atoms with E-state index in [0.717, 1.165) is 22.4 Å². The summed E-state index contributed by atoms with van der Waals surface area (Å²) in [5.41, 5.74) is 3.87. The Kier molecular flexibility index (Phi) is 5.26. The van der Waals surface area contributed by atoms with Gasteiger partial charge in [-0.15, -0.1) is 11.3 Å². The quantitative estimate of drug-likeness (QED) is 0.539. The first-order valence-corrected chi connectivity index (χ1v) is 10.5. The van der Waals surface area contributed by atoms with Gasteiger partial charge < -0.3 is 5.32 Å². The van der Waals surface area contributed by atoms with E-state index in [9.17, 15) is 9.59 Å². The second-order valence-electron chi connectivity index (χ2n) is 6.73. The fraction of sp³-hybridized carbons (Fsp3) is 0.130. The molecule has 146 valence electrons. The van der Waals surface area contributed by atoms with Crippen molar-refractivity contribution in [2.75, 3.05) is 10.2 Å². The molecule has 0 aliphatic carbocycles. The monoisotopic (exact) mass is 422 g/mol. The standard InChI is InChI=1S/C23H19ClN2O2S/c1-3-15-9-11-16(12-10-15)26-22(27)20(19-8-5-13-29-19)21(23(26)28)25-18-7-4-6-17(24)14(18)2/h4-13,25H,3H2,1-2H3. The molecule has 1 aliphatic rings. The van der Waals surface area contributed by atoms with Crippen LogP contribution in [0.2, 0.25) is 5.02 Å². The highest BCUT2D eigenvalue weighted by molar-refractivity contribution is 7.11. The summed E-state index contributed by atoms with van der Waals surface area (Å²) in [6, 6.07) is 16.7. The Morgan fingerprint density at radius 2 is 1.76 bits per heavy atom. The number of hydrogen-bond donors (Lipinski definition) is 1. The first-order valence-electron chi connectivity index (χ1n) is 9.29. The predicted octanol–water partition coefficient (Wildman–Crippen LogP) is 5.67. The zero-order valence-corrected chi connectivity index (χ0v) is 17.6. The summed E-state index contributed by atoms with van der Waals surface area (Å²) < 4.78 is 0. The second-order valence-corrected chi connectivity index (χ2v) is 8.09. The molecule has 2 aromatic carbocycles. The van der Waals surface area contributed by atoms with Gasteiger partial charge in [0.25, 0.3) is 11.8 Å².